The van der Waals surface area contributed by atoms with Gasteiger partial charge in [0.15, 0.2) is 0 Å². The molecule has 2 aromatic carbocycles. The molecule has 8 nitrogen and oxygen atoms in total. The van der Waals surface area contributed by atoms with Crippen molar-refractivity contribution in [3.05, 3.63) is 64.1 Å². The first kappa shape index (κ1) is 21.4. The van der Waals surface area contributed by atoms with Gasteiger partial charge < -0.3 is 4.74 Å². The molecule has 0 saturated carbocycles. The molecule has 1 unspecified atom stereocenters. The number of amides is 2. The first-order valence-electron chi connectivity index (χ1n) is 8.93. The van der Waals surface area contributed by atoms with Crippen LogP contribution in [0.15, 0.2) is 57.9 Å². The molecule has 1 saturated heterocycles. The predicted octanol–water partition coefficient (Wildman–Crippen LogP) is 1.98. The SMILES string of the molecule is O=C(NNC(=O)c1cccc(S(=O)(=O)NCC2CCCO2)c1)c1ccc(Br)cc1. The smallest absolute Gasteiger partial charge is 0.269 e. The Morgan fingerprint density at radius 3 is 2.38 bits per heavy atom. The van der Waals surface area contributed by atoms with Crippen LogP contribution in [-0.4, -0.2) is 39.5 Å². The number of halogens is 1. The van der Waals surface area contributed by atoms with Crippen LogP contribution in [0.5, 0.6) is 0 Å². The fourth-order valence-electron chi connectivity index (χ4n) is 2.75. The van der Waals surface area contributed by atoms with Gasteiger partial charge in [-0.2, -0.15) is 0 Å². The molecular weight excluding hydrogens is 462 g/mol. The topological polar surface area (TPSA) is 114 Å². The minimum absolute atomic E-state index is 0.0395. The van der Waals surface area contributed by atoms with Crippen LogP contribution in [0.2, 0.25) is 0 Å². The largest absolute Gasteiger partial charge is 0.377 e. The molecule has 1 atom stereocenters. The normalized spacial score (nSPS) is 16.4. The minimum atomic E-state index is -3.78. The molecule has 3 N–H and O–H groups in total. The zero-order chi connectivity index (χ0) is 20.9. The monoisotopic (exact) mass is 481 g/mol. The van der Waals surface area contributed by atoms with Crippen molar-refractivity contribution in [1.82, 2.24) is 15.6 Å². The third-order valence-corrected chi connectivity index (χ3v) is 6.28. The number of hydrogen-bond donors (Lipinski definition) is 3. The molecule has 2 amide bonds. The second kappa shape index (κ2) is 9.49. The molecule has 1 fully saturated rings. The van der Waals surface area contributed by atoms with E-state index in [-0.39, 0.29) is 23.1 Å². The highest BCUT2D eigenvalue weighted by Gasteiger charge is 2.21. The van der Waals surface area contributed by atoms with Gasteiger partial charge >= 0.3 is 0 Å². The second-order valence-electron chi connectivity index (χ2n) is 6.43. The molecule has 0 radical (unpaired) electrons. The summed E-state index contributed by atoms with van der Waals surface area (Å²) < 4.78 is 33.7. The summed E-state index contributed by atoms with van der Waals surface area (Å²) in [5.41, 5.74) is 5.05. The van der Waals surface area contributed by atoms with Crippen molar-refractivity contribution in [2.45, 2.75) is 23.8 Å². The quantitative estimate of drug-likeness (QED) is 0.545. The lowest BCUT2D eigenvalue weighted by molar-refractivity contribution is 0.0846. The zero-order valence-electron chi connectivity index (χ0n) is 15.4. The van der Waals surface area contributed by atoms with Gasteiger partial charge in [-0.15, -0.1) is 0 Å². The highest BCUT2D eigenvalue weighted by molar-refractivity contribution is 9.10. The molecule has 0 spiro atoms. The number of sulfonamides is 1. The Kier molecular flexibility index (Phi) is 7.01. The summed E-state index contributed by atoms with van der Waals surface area (Å²) in [7, 11) is -3.78. The molecule has 0 aromatic heterocycles. The first-order chi connectivity index (χ1) is 13.8. The maximum atomic E-state index is 12.5. The van der Waals surface area contributed by atoms with Crippen molar-refractivity contribution < 1.29 is 22.7 Å². The number of rotatable bonds is 6. The van der Waals surface area contributed by atoms with Gasteiger partial charge in [0.05, 0.1) is 11.0 Å². The van der Waals surface area contributed by atoms with Gasteiger partial charge in [0, 0.05) is 28.8 Å². The summed E-state index contributed by atoms with van der Waals surface area (Å²) in [6.45, 7) is 0.816. The lowest BCUT2D eigenvalue weighted by Crippen LogP contribution is -2.41. The van der Waals surface area contributed by atoms with Crippen LogP contribution in [0.1, 0.15) is 33.6 Å². The summed E-state index contributed by atoms with van der Waals surface area (Å²) in [5.74, 6) is -1.13. The Morgan fingerprint density at radius 1 is 1.03 bits per heavy atom. The maximum Gasteiger partial charge on any atom is 0.269 e. The van der Waals surface area contributed by atoms with Crippen molar-refractivity contribution in [2.24, 2.45) is 0 Å². The molecular formula is C19H20BrN3O5S. The number of benzene rings is 2. The minimum Gasteiger partial charge on any atom is -0.377 e. The molecule has 0 bridgehead atoms. The van der Waals surface area contributed by atoms with E-state index in [0.717, 1.165) is 17.3 Å². The van der Waals surface area contributed by atoms with Crippen molar-refractivity contribution >= 4 is 37.8 Å². The van der Waals surface area contributed by atoms with Gasteiger partial charge in [-0.05, 0) is 55.3 Å². The van der Waals surface area contributed by atoms with E-state index in [4.69, 9.17) is 4.74 Å². The van der Waals surface area contributed by atoms with E-state index in [9.17, 15) is 18.0 Å². The number of carbonyl (C=O) groups excluding carboxylic acids is 2. The van der Waals surface area contributed by atoms with E-state index in [1.807, 2.05) is 0 Å². The summed E-state index contributed by atoms with van der Waals surface area (Å²) in [6.07, 6.45) is 1.59. The Balaban J connectivity index is 1.61. The number of hydrogen-bond acceptors (Lipinski definition) is 5. The van der Waals surface area contributed by atoms with Crippen molar-refractivity contribution in [2.75, 3.05) is 13.2 Å². The fourth-order valence-corrected chi connectivity index (χ4v) is 4.13. The molecule has 154 valence electrons. The van der Waals surface area contributed by atoms with E-state index in [1.165, 1.54) is 24.3 Å². The lowest BCUT2D eigenvalue weighted by atomic mass is 10.2. The summed E-state index contributed by atoms with van der Waals surface area (Å²) >= 11 is 3.28. The third kappa shape index (κ3) is 5.86. The van der Waals surface area contributed by atoms with E-state index in [1.54, 1.807) is 24.3 Å². The molecule has 1 aliphatic rings. The third-order valence-electron chi connectivity index (χ3n) is 4.33. The van der Waals surface area contributed by atoms with Crippen LogP contribution in [0.4, 0.5) is 0 Å². The fraction of sp³-hybridized carbons (Fsp3) is 0.263. The molecule has 0 aliphatic carbocycles. The van der Waals surface area contributed by atoms with Crippen molar-refractivity contribution in [3.8, 4) is 0 Å². The zero-order valence-corrected chi connectivity index (χ0v) is 17.8. The first-order valence-corrected chi connectivity index (χ1v) is 11.2. The van der Waals surface area contributed by atoms with E-state index in [0.29, 0.717) is 12.2 Å². The summed E-state index contributed by atoms with van der Waals surface area (Å²) in [5, 5.41) is 0. The number of hydrazine groups is 1. The van der Waals surface area contributed by atoms with Crippen LogP contribution in [0.25, 0.3) is 0 Å². The summed E-state index contributed by atoms with van der Waals surface area (Å²) in [6, 6.07) is 12.2. The van der Waals surface area contributed by atoms with Gasteiger partial charge in [-0.3, -0.25) is 20.4 Å². The standard InChI is InChI=1S/C19H20BrN3O5S/c20-15-8-6-13(7-9-15)18(24)22-23-19(25)14-3-1-5-17(11-14)29(26,27)21-12-16-4-2-10-28-16/h1,3,5-9,11,16,21H,2,4,10,12H2,(H,22,24)(H,23,25). The maximum absolute atomic E-state index is 12.5. The van der Waals surface area contributed by atoms with E-state index >= 15 is 0 Å². The summed E-state index contributed by atoms with van der Waals surface area (Å²) in [4.78, 5) is 24.3. The van der Waals surface area contributed by atoms with Crippen LogP contribution in [0.3, 0.4) is 0 Å². The van der Waals surface area contributed by atoms with Gasteiger partial charge in [0.1, 0.15) is 0 Å². The van der Waals surface area contributed by atoms with Crippen LogP contribution in [-0.2, 0) is 14.8 Å². The average molecular weight is 482 g/mol. The molecule has 29 heavy (non-hydrogen) atoms. The van der Waals surface area contributed by atoms with Crippen molar-refractivity contribution in [3.63, 3.8) is 0 Å². The highest BCUT2D eigenvalue weighted by atomic mass is 79.9. The van der Waals surface area contributed by atoms with Gasteiger partial charge in [0.2, 0.25) is 10.0 Å². The molecule has 1 aliphatic heterocycles. The van der Waals surface area contributed by atoms with Gasteiger partial charge in [-0.25, -0.2) is 13.1 Å². The van der Waals surface area contributed by atoms with Gasteiger partial charge in [-0.1, -0.05) is 22.0 Å². The van der Waals surface area contributed by atoms with Crippen LogP contribution >= 0.6 is 15.9 Å². The van der Waals surface area contributed by atoms with E-state index < -0.39 is 21.8 Å². The molecule has 3 rings (SSSR count). The Morgan fingerprint density at radius 2 is 1.72 bits per heavy atom. The van der Waals surface area contributed by atoms with Crippen LogP contribution < -0.4 is 15.6 Å². The molecule has 1 heterocycles. The van der Waals surface area contributed by atoms with E-state index in [2.05, 4.69) is 31.5 Å². The highest BCUT2D eigenvalue weighted by Crippen LogP contribution is 2.15. The molecule has 10 heteroatoms. The molecule has 2 aromatic rings. The number of carbonyl (C=O) groups is 2. The second-order valence-corrected chi connectivity index (χ2v) is 9.11. The predicted molar refractivity (Wildman–Crippen MR) is 110 cm³/mol. The lowest BCUT2D eigenvalue weighted by Gasteiger charge is -2.12. The Labute approximate surface area is 177 Å². The number of ether oxygens (including phenoxy) is 1. The average Bonchev–Trinajstić information content (AvgIpc) is 3.25. The Hall–Kier alpha value is -2.27. The van der Waals surface area contributed by atoms with Gasteiger partial charge in [0.25, 0.3) is 11.8 Å². The van der Waals surface area contributed by atoms with Crippen LogP contribution in [0, 0.1) is 0 Å². The Bertz CT molecular complexity index is 989. The van der Waals surface area contributed by atoms with Crippen molar-refractivity contribution in [1.29, 1.82) is 0 Å². The number of nitrogens with one attached hydrogen (secondary N) is 3.